The van der Waals surface area contributed by atoms with Crippen LogP contribution in [0, 0.1) is 11.3 Å². The van der Waals surface area contributed by atoms with E-state index < -0.39 is 0 Å². The Morgan fingerprint density at radius 2 is 1.71 bits per heavy atom. The molecule has 0 radical (unpaired) electrons. The number of rotatable bonds is 2. The van der Waals surface area contributed by atoms with E-state index >= 15 is 0 Å². The van der Waals surface area contributed by atoms with Crippen LogP contribution in [0.25, 0.3) is 21.9 Å². The van der Waals surface area contributed by atoms with Gasteiger partial charge in [0.15, 0.2) is 0 Å². The summed E-state index contributed by atoms with van der Waals surface area (Å²) >= 11 is 1.22. The highest BCUT2D eigenvalue weighted by Gasteiger charge is 2.15. The van der Waals surface area contributed by atoms with Crippen molar-refractivity contribution in [1.82, 2.24) is 4.90 Å². The van der Waals surface area contributed by atoms with Crippen LogP contribution in [0.1, 0.15) is 5.56 Å². The summed E-state index contributed by atoms with van der Waals surface area (Å²) in [6, 6.07) is 21.8. The molecule has 0 aliphatic carbocycles. The monoisotopic (exact) mass is 332 g/mol. The Morgan fingerprint density at radius 3 is 2.38 bits per heavy atom. The van der Waals surface area contributed by atoms with Gasteiger partial charge in [0.2, 0.25) is 0 Å². The standard InChI is InChI=1S/C20H16N2OS/c1-22(2)20(23)24-18-12-11-15-5-3-4-6-17(15)19(18)16-9-7-14(13-21)8-10-16/h3-12H,1-2H3. The smallest absolute Gasteiger partial charge is 0.285 e. The second-order valence-electron chi connectivity index (χ2n) is 5.61. The number of thioether (sulfide) groups is 1. The SMILES string of the molecule is CN(C)C(=O)Sc1ccc2ccccc2c1-c1ccc(C#N)cc1. The molecule has 3 aromatic carbocycles. The number of amides is 1. The summed E-state index contributed by atoms with van der Waals surface area (Å²) in [7, 11) is 3.50. The number of benzene rings is 3. The highest BCUT2D eigenvalue weighted by atomic mass is 32.2. The van der Waals surface area contributed by atoms with E-state index in [1.54, 1.807) is 31.1 Å². The molecule has 0 atom stereocenters. The molecule has 1 amide bonds. The molecular formula is C20H16N2OS. The summed E-state index contributed by atoms with van der Waals surface area (Å²) in [4.78, 5) is 14.7. The van der Waals surface area contributed by atoms with E-state index in [-0.39, 0.29) is 5.24 Å². The Morgan fingerprint density at radius 1 is 1.00 bits per heavy atom. The Bertz CT molecular complexity index is 940. The van der Waals surface area contributed by atoms with Crippen LogP contribution >= 0.6 is 11.8 Å². The minimum absolute atomic E-state index is 0.0137. The van der Waals surface area contributed by atoms with Crippen LogP contribution in [0.15, 0.2) is 65.6 Å². The predicted molar refractivity (Wildman–Crippen MR) is 99.0 cm³/mol. The highest BCUT2D eigenvalue weighted by Crippen LogP contribution is 2.38. The molecule has 3 nitrogen and oxygen atoms in total. The van der Waals surface area contributed by atoms with Gasteiger partial charge < -0.3 is 4.90 Å². The first-order valence-electron chi connectivity index (χ1n) is 7.51. The lowest BCUT2D eigenvalue weighted by Crippen LogP contribution is -2.16. The first-order chi connectivity index (χ1) is 11.6. The van der Waals surface area contributed by atoms with Crippen LogP contribution in [0.4, 0.5) is 4.79 Å². The summed E-state index contributed by atoms with van der Waals surface area (Å²) in [5, 5.41) is 11.2. The quantitative estimate of drug-likeness (QED) is 0.609. The third kappa shape index (κ3) is 3.12. The predicted octanol–water partition coefficient (Wildman–Crippen LogP) is 5.15. The topological polar surface area (TPSA) is 44.1 Å². The molecule has 0 aliphatic heterocycles. The summed E-state index contributed by atoms with van der Waals surface area (Å²) in [6.45, 7) is 0. The third-order valence-corrected chi connectivity index (χ3v) is 4.86. The van der Waals surface area contributed by atoms with E-state index in [4.69, 9.17) is 5.26 Å². The zero-order valence-electron chi connectivity index (χ0n) is 13.5. The van der Waals surface area contributed by atoms with Crippen molar-refractivity contribution >= 4 is 27.8 Å². The molecule has 24 heavy (non-hydrogen) atoms. The maximum atomic E-state index is 12.2. The van der Waals surface area contributed by atoms with E-state index in [9.17, 15) is 4.79 Å². The second kappa shape index (κ2) is 6.77. The molecule has 118 valence electrons. The molecule has 4 heteroatoms. The van der Waals surface area contributed by atoms with Crippen molar-refractivity contribution in [2.45, 2.75) is 4.90 Å². The van der Waals surface area contributed by atoms with Crippen LogP contribution in [-0.4, -0.2) is 24.2 Å². The van der Waals surface area contributed by atoms with E-state index in [1.165, 1.54) is 11.8 Å². The zero-order valence-corrected chi connectivity index (χ0v) is 14.3. The Kier molecular flexibility index (Phi) is 4.54. The van der Waals surface area contributed by atoms with Gasteiger partial charge in [0.25, 0.3) is 5.24 Å². The van der Waals surface area contributed by atoms with E-state index in [1.807, 2.05) is 36.4 Å². The Hall–Kier alpha value is -2.77. The molecule has 3 rings (SSSR count). The Balaban J connectivity index is 2.20. The number of hydrogen-bond acceptors (Lipinski definition) is 3. The molecule has 0 aromatic heterocycles. The number of fused-ring (bicyclic) bond motifs is 1. The van der Waals surface area contributed by atoms with Gasteiger partial charge in [0.05, 0.1) is 11.6 Å². The molecule has 0 spiro atoms. The molecular weight excluding hydrogens is 316 g/mol. The number of nitrogens with zero attached hydrogens (tertiary/aromatic N) is 2. The van der Waals surface area contributed by atoms with E-state index in [0.717, 1.165) is 26.8 Å². The van der Waals surface area contributed by atoms with Crippen molar-refractivity contribution < 1.29 is 4.79 Å². The molecule has 3 aromatic rings. The van der Waals surface area contributed by atoms with Gasteiger partial charge in [-0.3, -0.25) is 4.79 Å². The number of hydrogen-bond donors (Lipinski definition) is 0. The van der Waals surface area contributed by atoms with Crippen molar-refractivity contribution in [3.05, 3.63) is 66.2 Å². The summed E-state index contributed by atoms with van der Waals surface area (Å²) in [6.07, 6.45) is 0. The molecule has 0 saturated heterocycles. The second-order valence-corrected chi connectivity index (χ2v) is 6.60. The van der Waals surface area contributed by atoms with Crippen LogP contribution in [0.2, 0.25) is 0 Å². The van der Waals surface area contributed by atoms with Crippen molar-refractivity contribution in [2.24, 2.45) is 0 Å². The van der Waals surface area contributed by atoms with Crippen molar-refractivity contribution in [3.63, 3.8) is 0 Å². The van der Waals surface area contributed by atoms with Gasteiger partial charge in [0, 0.05) is 24.6 Å². The van der Waals surface area contributed by atoms with E-state index in [0.29, 0.717) is 5.56 Å². The fourth-order valence-corrected chi connectivity index (χ4v) is 3.37. The molecule has 0 fully saturated rings. The maximum absolute atomic E-state index is 12.2. The summed E-state index contributed by atoms with van der Waals surface area (Å²) in [5.74, 6) is 0. The molecule has 0 N–H and O–H groups in total. The van der Waals surface area contributed by atoms with Crippen molar-refractivity contribution in [2.75, 3.05) is 14.1 Å². The highest BCUT2D eigenvalue weighted by molar-refractivity contribution is 8.13. The van der Waals surface area contributed by atoms with Gasteiger partial charge in [0.1, 0.15) is 0 Å². The van der Waals surface area contributed by atoms with Gasteiger partial charge in [-0.25, -0.2) is 0 Å². The fourth-order valence-electron chi connectivity index (χ4n) is 2.53. The average Bonchev–Trinajstić information content (AvgIpc) is 2.61. The minimum atomic E-state index is -0.0137. The van der Waals surface area contributed by atoms with Crippen LogP contribution in [-0.2, 0) is 0 Å². The first-order valence-corrected chi connectivity index (χ1v) is 8.33. The van der Waals surface area contributed by atoms with Gasteiger partial charge in [-0.2, -0.15) is 5.26 Å². The van der Waals surface area contributed by atoms with Gasteiger partial charge in [-0.1, -0.05) is 42.5 Å². The molecule has 0 saturated carbocycles. The minimum Gasteiger partial charge on any atom is -0.339 e. The average molecular weight is 332 g/mol. The van der Waals surface area contributed by atoms with Gasteiger partial charge in [-0.15, -0.1) is 0 Å². The summed E-state index contributed by atoms with van der Waals surface area (Å²) < 4.78 is 0. The molecule has 0 aliphatic rings. The third-order valence-electron chi connectivity index (χ3n) is 3.76. The van der Waals surface area contributed by atoms with Crippen LogP contribution in [0.3, 0.4) is 0 Å². The maximum Gasteiger partial charge on any atom is 0.285 e. The Labute approximate surface area is 145 Å². The lowest BCUT2D eigenvalue weighted by Gasteiger charge is -2.15. The fraction of sp³-hybridized carbons (Fsp3) is 0.100. The van der Waals surface area contributed by atoms with Crippen molar-refractivity contribution in [1.29, 1.82) is 5.26 Å². The van der Waals surface area contributed by atoms with Crippen LogP contribution in [0.5, 0.6) is 0 Å². The van der Waals surface area contributed by atoms with Gasteiger partial charge >= 0.3 is 0 Å². The number of carbonyl (C=O) groups excluding carboxylic acids is 1. The number of carbonyl (C=O) groups is 1. The molecule has 0 unspecified atom stereocenters. The lowest BCUT2D eigenvalue weighted by molar-refractivity contribution is 0.241. The molecule has 0 bridgehead atoms. The van der Waals surface area contributed by atoms with E-state index in [2.05, 4.69) is 18.2 Å². The first kappa shape index (κ1) is 16.1. The number of nitriles is 1. The van der Waals surface area contributed by atoms with Gasteiger partial charge in [-0.05, 0) is 46.3 Å². The van der Waals surface area contributed by atoms with Crippen LogP contribution < -0.4 is 0 Å². The summed E-state index contributed by atoms with van der Waals surface area (Å²) in [5.41, 5.74) is 2.65. The lowest BCUT2D eigenvalue weighted by atomic mass is 9.97. The van der Waals surface area contributed by atoms with Crippen molar-refractivity contribution in [3.8, 4) is 17.2 Å². The molecule has 0 heterocycles. The zero-order chi connectivity index (χ0) is 17.1. The largest absolute Gasteiger partial charge is 0.339 e. The normalized spacial score (nSPS) is 10.4.